The molecule has 0 saturated carbocycles. The summed E-state index contributed by atoms with van der Waals surface area (Å²) < 4.78 is 32.2. The molecule has 158 valence electrons. The molecular formula is C24H27F2N3O. The van der Waals surface area contributed by atoms with Gasteiger partial charge in [0, 0.05) is 12.4 Å². The van der Waals surface area contributed by atoms with E-state index >= 15 is 0 Å². The fraction of sp³-hybridized carbons (Fsp3) is 0.292. The Balaban J connectivity index is 0.000000572. The second-order valence-electron chi connectivity index (χ2n) is 7.38. The molecule has 1 aliphatic rings. The molecule has 6 heteroatoms. The molecule has 1 saturated heterocycles. The van der Waals surface area contributed by atoms with Crippen LogP contribution in [0.25, 0.3) is 11.1 Å². The average molecular weight is 411 g/mol. The number of aromatic nitrogens is 1. The maximum Gasteiger partial charge on any atom is 0.159 e. The first kappa shape index (κ1) is 21.7. The number of nitrogen functional groups attached to an aromatic ring is 1. The van der Waals surface area contributed by atoms with Crippen LogP contribution in [0.4, 0.5) is 14.5 Å². The monoisotopic (exact) mass is 411 g/mol. The summed E-state index contributed by atoms with van der Waals surface area (Å²) >= 11 is 0. The fourth-order valence-corrected chi connectivity index (χ4v) is 3.16. The summed E-state index contributed by atoms with van der Waals surface area (Å²) in [6.07, 6.45) is 5.63. The van der Waals surface area contributed by atoms with Gasteiger partial charge in [-0.3, -0.25) is 4.98 Å². The van der Waals surface area contributed by atoms with Crippen LogP contribution < -0.4 is 15.8 Å². The van der Waals surface area contributed by atoms with E-state index in [9.17, 15) is 8.78 Å². The first-order chi connectivity index (χ1) is 14.5. The lowest BCUT2D eigenvalue weighted by atomic mass is 9.91. The highest BCUT2D eigenvalue weighted by Crippen LogP contribution is 2.35. The maximum absolute atomic E-state index is 13.6. The number of rotatable bonds is 5. The lowest BCUT2D eigenvalue weighted by Gasteiger charge is -2.17. The number of halogens is 2. The molecule has 1 atom stereocenters. The first-order valence-electron chi connectivity index (χ1n) is 10.0. The molecule has 4 rings (SSSR count). The topological polar surface area (TPSA) is 60.2 Å². The van der Waals surface area contributed by atoms with Crippen LogP contribution in [0.2, 0.25) is 0 Å². The molecule has 3 aromatic rings. The van der Waals surface area contributed by atoms with Crippen LogP contribution in [0, 0.1) is 11.6 Å². The number of methoxy groups -OCH3 is 1. The van der Waals surface area contributed by atoms with Gasteiger partial charge in [0.15, 0.2) is 11.6 Å². The van der Waals surface area contributed by atoms with Crippen molar-refractivity contribution in [2.75, 3.05) is 25.9 Å². The van der Waals surface area contributed by atoms with E-state index in [4.69, 9.17) is 10.5 Å². The average Bonchev–Trinajstić information content (AvgIpc) is 2.71. The standard InChI is InChI=1S/C21H20F2N2O.C3H7N/c1-13(15-4-3-7-25-12-15)8-17-9-16(11-20(26-2)21(17)24)14-5-6-18(22)19(23)10-14;1-2-4-3-1/h3-7,9-13H,8,24H2,1-2H3;4H,1-3H2. The molecular weight excluding hydrogens is 384 g/mol. The van der Waals surface area contributed by atoms with Gasteiger partial charge in [0.25, 0.3) is 0 Å². The van der Waals surface area contributed by atoms with Crippen molar-refractivity contribution in [2.24, 2.45) is 0 Å². The number of benzene rings is 2. The van der Waals surface area contributed by atoms with E-state index in [1.807, 2.05) is 24.4 Å². The molecule has 1 fully saturated rings. The Labute approximate surface area is 176 Å². The van der Waals surface area contributed by atoms with Crippen LogP contribution in [0.5, 0.6) is 5.75 Å². The minimum absolute atomic E-state index is 0.191. The smallest absolute Gasteiger partial charge is 0.159 e. The summed E-state index contributed by atoms with van der Waals surface area (Å²) in [6, 6.07) is 11.4. The van der Waals surface area contributed by atoms with Gasteiger partial charge in [-0.2, -0.15) is 0 Å². The fourth-order valence-electron chi connectivity index (χ4n) is 3.16. The number of nitrogens with zero attached hydrogens (tertiary/aromatic N) is 1. The molecule has 1 aromatic heterocycles. The van der Waals surface area contributed by atoms with Gasteiger partial charge in [-0.25, -0.2) is 8.78 Å². The molecule has 0 radical (unpaired) electrons. The second kappa shape index (κ2) is 10.2. The van der Waals surface area contributed by atoms with Gasteiger partial charge in [-0.15, -0.1) is 0 Å². The van der Waals surface area contributed by atoms with Crippen LogP contribution in [-0.4, -0.2) is 25.2 Å². The van der Waals surface area contributed by atoms with Crippen molar-refractivity contribution in [1.29, 1.82) is 0 Å². The Hall–Kier alpha value is -2.99. The molecule has 0 aliphatic carbocycles. The van der Waals surface area contributed by atoms with Crippen molar-refractivity contribution in [3.05, 3.63) is 77.6 Å². The van der Waals surface area contributed by atoms with Crippen molar-refractivity contribution in [3.8, 4) is 16.9 Å². The third-order valence-corrected chi connectivity index (χ3v) is 5.19. The number of pyridine rings is 1. The van der Waals surface area contributed by atoms with Crippen LogP contribution >= 0.6 is 0 Å². The molecule has 1 aliphatic heterocycles. The molecule has 0 bridgehead atoms. The van der Waals surface area contributed by atoms with E-state index in [-0.39, 0.29) is 5.92 Å². The zero-order valence-corrected chi connectivity index (χ0v) is 17.3. The lowest BCUT2D eigenvalue weighted by molar-refractivity contribution is 0.416. The molecule has 2 heterocycles. The van der Waals surface area contributed by atoms with Gasteiger partial charge in [0.05, 0.1) is 12.8 Å². The van der Waals surface area contributed by atoms with Gasteiger partial charge < -0.3 is 15.8 Å². The Morgan fingerprint density at radius 2 is 1.83 bits per heavy atom. The van der Waals surface area contributed by atoms with E-state index in [0.717, 1.165) is 22.8 Å². The predicted molar refractivity (Wildman–Crippen MR) is 117 cm³/mol. The quantitative estimate of drug-likeness (QED) is 0.584. The van der Waals surface area contributed by atoms with E-state index < -0.39 is 11.6 Å². The Bertz CT molecular complexity index is 972. The normalized spacial score (nSPS) is 13.6. The zero-order chi connectivity index (χ0) is 21.5. The molecule has 4 nitrogen and oxygen atoms in total. The van der Waals surface area contributed by atoms with Gasteiger partial charge in [0.1, 0.15) is 5.75 Å². The molecule has 0 spiro atoms. The van der Waals surface area contributed by atoms with Gasteiger partial charge in [-0.1, -0.05) is 19.1 Å². The van der Waals surface area contributed by atoms with Crippen LogP contribution in [0.1, 0.15) is 30.4 Å². The molecule has 3 N–H and O–H groups in total. The van der Waals surface area contributed by atoms with Crippen molar-refractivity contribution in [1.82, 2.24) is 10.3 Å². The molecule has 0 amide bonds. The summed E-state index contributed by atoms with van der Waals surface area (Å²) in [4.78, 5) is 4.15. The van der Waals surface area contributed by atoms with Crippen molar-refractivity contribution in [3.63, 3.8) is 0 Å². The van der Waals surface area contributed by atoms with Crippen molar-refractivity contribution >= 4 is 5.69 Å². The van der Waals surface area contributed by atoms with Crippen molar-refractivity contribution in [2.45, 2.75) is 25.7 Å². The van der Waals surface area contributed by atoms with E-state index in [1.54, 1.807) is 12.3 Å². The van der Waals surface area contributed by atoms with Crippen LogP contribution in [-0.2, 0) is 6.42 Å². The van der Waals surface area contributed by atoms with Gasteiger partial charge in [-0.05, 0) is 84.4 Å². The molecule has 1 unspecified atom stereocenters. The summed E-state index contributed by atoms with van der Waals surface area (Å²) in [6.45, 7) is 4.59. The maximum atomic E-state index is 13.6. The predicted octanol–water partition coefficient (Wildman–Crippen LogP) is 4.94. The zero-order valence-electron chi connectivity index (χ0n) is 17.3. The van der Waals surface area contributed by atoms with Crippen LogP contribution in [0.15, 0.2) is 54.9 Å². The Morgan fingerprint density at radius 3 is 2.40 bits per heavy atom. The lowest BCUT2D eigenvalue weighted by Crippen LogP contribution is -2.29. The third-order valence-electron chi connectivity index (χ3n) is 5.19. The highest BCUT2D eigenvalue weighted by molar-refractivity contribution is 5.73. The largest absolute Gasteiger partial charge is 0.495 e. The molecule has 2 aromatic carbocycles. The Morgan fingerprint density at radius 1 is 1.10 bits per heavy atom. The van der Waals surface area contributed by atoms with Gasteiger partial charge in [0.2, 0.25) is 0 Å². The number of ether oxygens (including phenoxy) is 1. The number of hydrogen-bond acceptors (Lipinski definition) is 4. The molecule has 30 heavy (non-hydrogen) atoms. The minimum atomic E-state index is -0.886. The number of anilines is 1. The number of hydrogen-bond donors (Lipinski definition) is 2. The summed E-state index contributed by atoms with van der Waals surface area (Å²) in [5.41, 5.74) is 10.1. The Kier molecular flexibility index (Phi) is 7.36. The van der Waals surface area contributed by atoms with E-state index in [0.29, 0.717) is 23.4 Å². The third kappa shape index (κ3) is 5.33. The summed E-state index contributed by atoms with van der Waals surface area (Å²) in [5.74, 6) is -1.05. The van der Waals surface area contributed by atoms with Gasteiger partial charge >= 0.3 is 0 Å². The highest BCUT2D eigenvalue weighted by atomic mass is 19.2. The summed E-state index contributed by atoms with van der Waals surface area (Å²) in [5, 5.41) is 3.11. The first-order valence-corrected chi connectivity index (χ1v) is 10.0. The van der Waals surface area contributed by atoms with Crippen molar-refractivity contribution < 1.29 is 13.5 Å². The minimum Gasteiger partial charge on any atom is -0.495 e. The van der Waals surface area contributed by atoms with Crippen LogP contribution in [0.3, 0.4) is 0 Å². The SMILES string of the molecule is C1CNC1.COc1cc(-c2ccc(F)c(F)c2)cc(CC(C)c2cccnc2)c1N. The summed E-state index contributed by atoms with van der Waals surface area (Å²) in [7, 11) is 1.54. The van der Waals surface area contributed by atoms with E-state index in [2.05, 4.69) is 17.2 Å². The van der Waals surface area contributed by atoms with E-state index in [1.165, 1.54) is 38.8 Å². The number of nitrogens with one attached hydrogen (secondary N) is 1. The second-order valence-corrected chi connectivity index (χ2v) is 7.38. The highest BCUT2D eigenvalue weighted by Gasteiger charge is 2.15. The number of nitrogens with two attached hydrogens (primary N) is 1.